The maximum atomic E-state index is 2.49. The number of hydrogen-bond donors (Lipinski definition) is 0. The quantitative estimate of drug-likeness (QED) is 0.578. The Kier molecular flexibility index (Phi) is 1.95. The summed E-state index contributed by atoms with van der Waals surface area (Å²) < 4.78 is 0. The van der Waals surface area contributed by atoms with Crippen LogP contribution in [0.2, 0.25) is 0 Å². The Bertz CT molecular complexity index is 129. The minimum absolute atomic E-state index is 0.806. The Labute approximate surface area is 70.4 Å². The van der Waals surface area contributed by atoms with Crippen molar-refractivity contribution in [3.8, 4) is 0 Å². The van der Waals surface area contributed by atoms with Crippen LogP contribution in [0.4, 0.5) is 0 Å². The minimum atomic E-state index is 0.806. The molecular weight excluding hydrogens is 132 g/mol. The van der Waals surface area contributed by atoms with Crippen molar-refractivity contribution in [1.29, 1.82) is 0 Å². The van der Waals surface area contributed by atoms with Gasteiger partial charge in [-0.15, -0.1) is 0 Å². The number of unbranched alkanes of at least 4 members (excludes halogenated alkanes) is 1. The Hall–Kier alpha value is 0. The number of hydrogen-bond acceptors (Lipinski definition) is 0. The molecule has 2 aliphatic carbocycles. The average Bonchev–Trinajstić information content (AvgIpc) is 2.60. The zero-order chi connectivity index (χ0) is 7.73. The third-order valence-corrected chi connectivity index (χ3v) is 3.75. The molecule has 63 valence electrons. The highest BCUT2D eigenvalue weighted by Gasteiger charge is 2.43. The van der Waals surface area contributed by atoms with E-state index in [2.05, 4.69) is 13.3 Å². The van der Waals surface area contributed by atoms with Gasteiger partial charge in [0.1, 0.15) is 0 Å². The second kappa shape index (κ2) is 2.80. The fraction of sp³-hybridized carbons (Fsp3) is 0.909. The standard InChI is InChI=1S/C11H19/c1-2-3-6-11-7-4-10(9-11)5-8-11/h3,10H,2,4-9H2,1H3. The predicted octanol–water partition coefficient (Wildman–Crippen LogP) is 3.57. The molecule has 0 spiro atoms. The van der Waals surface area contributed by atoms with Crippen molar-refractivity contribution in [2.75, 3.05) is 0 Å². The van der Waals surface area contributed by atoms with Gasteiger partial charge in [0, 0.05) is 0 Å². The van der Waals surface area contributed by atoms with E-state index < -0.39 is 0 Å². The van der Waals surface area contributed by atoms with Crippen molar-refractivity contribution in [2.45, 2.75) is 51.9 Å². The van der Waals surface area contributed by atoms with E-state index in [4.69, 9.17) is 0 Å². The van der Waals surface area contributed by atoms with Crippen molar-refractivity contribution in [3.63, 3.8) is 0 Å². The van der Waals surface area contributed by atoms with E-state index in [9.17, 15) is 0 Å². The van der Waals surface area contributed by atoms with Gasteiger partial charge in [0.05, 0.1) is 0 Å². The molecule has 0 amide bonds. The SMILES string of the molecule is CC[CH]CC12CCC(CC1)C2. The lowest BCUT2D eigenvalue weighted by Crippen LogP contribution is -2.13. The smallest absolute Gasteiger partial charge is 0.0292 e. The van der Waals surface area contributed by atoms with Gasteiger partial charge in [-0.25, -0.2) is 0 Å². The molecule has 0 atom stereocenters. The molecule has 11 heavy (non-hydrogen) atoms. The van der Waals surface area contributed by atoms with Crippen LogP contribution < -0.4 is 0 Å². The third-order valence-electron chi connectivity index (χ3n) is 3.75. The first-order valence-corrected chi connectivity index (χ1v) is 5.16. The molecule has 2 bridgehead atoms. The molecule has 0 aliphatic heterocycles. The van der Waals surface area contributed by atoms with Gasteiger partial charge in [0.15, 0.2) is 0 Å². The Morgan fingerprint density at radius 2 is 2.09 bits per heavy atom. The molecule has 0 aromatic rings. The summed E-state index contributed by atoms with van der Waals surface area (Å²) in [7, 11) is 0. The lowest BCUT2D eigenvalue weighted by atomic mass is 9.80. The second-order valence-electron chi connectivity index (χ2n) is 4.55. The van der Waals surface area contributed by atoms with Crippen LogP contribution >= 0.6 is 0 Å². The van der Waals surface area contributed by atoms with Crippen molar-refractivity contribution in [1.82, 2.24) is 0 Å². The van der Waals surface area contributed by atoms with Crippen LogP contribution in [-0.4, -0.2) is 0 Å². The van der Waals surface area contributed by atoms with Crippen molar-refractivity contribution < 1.29 is 0 Å². The fourth-order valence-corrected chi connectivity index (χ4v) is 3.05. The van der Waals surface area contributed by atoms with Crippen LogP contribution in [-0.2, 0) is 0 Å². The highest BCUT2D eigenvalue weighted by molar-refractivity contribution is 4.97. The normalized spacial score (nSPS) is 41.7. The molecule has 0 aromatic heterocycles. The van der Waals surface area contributed by atoms with Gasteiger partial charge >= 0.3 is 0 Å². The maximum Gasteiger partial charge on any atom is -0.0292 e. The second-order valence-corrected chi connectivity index (χ2v) is 4.55. The first-order valence-electron chi connectivity index (χ1n) is 5.16. The summed E-state index contributed by atoms with van der Waals surface area (Å²) in [6.07, 6.45) is 12.9. The molecule has 0 N–H and O–H groups in total. The lowest BCUT2D eigenvalue weighted by molar-refractivity contribution is 0.288. The fourth-order valence-electron chi connectivity index (χ4n) is 3.05. The number of rotatable bonds is 3. The van der Waals surface area contributed by atoms with E-state index in [0.29, 0.717) is 0 Å². The van der Waals surface area contributed by atoms with Gasteiger partial charge in [-0.2, -0.15) is 0 Å². The maximum absolute atomic E-state index is 2.49. The van der Waals surface area contributed by atoms with Gasteiger partial charge in [-0.05, 0) is 56.3 Å². The third kappa shape index (κ3) is 1.32. The monoisotopic (exact) mass is 151 g/mol. The summed E-state index contributed by atoms with van der Waals surface area (Å²) in [5, 5.41) is 0. The van der Waals surface area contributed by atoms with Crippen molar-refractivity contribution in [2.24, 2.45) is 11.3 Å². The molecule has 0 aromatic carbocycles. The molecule has 2 rings (SSSR count). The largest absolute Gasteiger partial charge is 0.0651 e. The van der Waals surface area contributed by atoms with Crippen LogP contribution in [0, 0.1) is 17.8 Å². The van der Waals surface area contributed by atoms with Gasteiger partial charge in [0.2, 0.25) is 0 Å². The number of fused-ring (bicyclic) bond motifs is 2. The van der Waals surface area contributed by atoms with Gasteiger partial charge in [0.25, 0.3) is 0 Å². The van der Waals surface area contributed by atoms with Crippen LogP contribution in [0.15, 0.2) is 0 Å². The Morgan fingerprint density at radius 1 is 1.36 bits per heavy atom. The van der Waals surface area contributed by atoms with Crippen LogP contribution in [0.25, 0.3) is 0 Å². The van der Waals surface area contributed by atoms with E-state index in [-0.39, 0.29) is 0 Å². The first kappa shape index (κ1) is 7.64. The first-order chi connectivity index (χ1) is 5.35. The zero-order valence-electron chi connectivity index (χ0n) is 7.60. The van der Waals surface area contributed by atoms with E-state index in [1.807, 2.05) is 0 Å². The van der Waals surface area contributed by atoms with Crippen LogP contribution in [0.3, 0.4) is 0 Å². The summed E-state index contributed by atoms with van der Waals surface area (Å²) in [6.45, 7) is 2.26. The molecular formula is C11H19. The van der Waals surface area contributed by atoms with Gasteiger partial charge < -0.3 is 0 Å². The molecule has 0 nitrogen and oxygen atoms in total. The van der Waals surface area contributed by atoms with Gasteiger partial charge in [-0.3, -0.25) is 0 Å². The molecule has 0 unspecified atom stereocenters. The molecule has 2 fully saturated rings. The molecule has 1 radical (unpaired) electrons. The molecule has 0 saturated heterocycles. The summed E-state index contributed by atoms with van der Waals surface area (Å²) in [4.78, 5) is 0. The lowest BCUT2D eigenvalue weighted by Gasteiger charge is -2.25. The topological polar surface area (TPSA) is 0 Å². The van der Waals surface area contributed by atoms with E-state index in [1.54, 1.807) is 6.42 Å². The van der Waals surface area contributed by atoms with Crippen molar-refractivity contribution >= 4 is 0 Å². The summed E-state index contributed by atoms with van der Waals surface area (Å²) >= 11 is 0. The van der Waals surface area contributed by atoms with E-state index >= 15 is 0 Å². The Balaban J connectivity index is 1.89. The summed E-state index contributed by atoms with van der Waals surface area (Å²) in [6, 6.07) is 0. The average molecular weight is 151 g/mol. The highest BCUT2D eigenvalue weighted by Crippen LogP contribution is 2.56. The highest BCUT2D eigenvalue weighted by atomic mass is 14.5. The predicted molar refractivity (Wildman–Crippen MR) is 48.2 cm³/mol. The van der Waals surface area contributed by atoms with Crippen LogP contribution in [0.1, 0.15) is 51.9 Å². The molecule has 0 heterocycles. The molecule has 2 aliphatic rings. The zero-order valence-corrected chi connectivity index (χ0v) is 7.60. The minimum Gasteiger partial charge on any atom is -0.0651 e. The summed E-state index contributed by atoms with van der Waals surface area (Å²) in [5.41, 5.74) is 0.806. The van der Waals surface area contributed by atoms with Crippen LogP contribution in [0.5, 0.6) is 0 Å². The summed E-state index contributed by atoms with van der Waals surface area (Å²) in [5.74, 6) is 1.13. The Morgan fingerprint density at radius 3 is 2.55 bits per heavy atom. The van der Waals surface area contributed by atoms with Gasteiger partial charge in [-0.1, -0.05) is 13.3 Å². The van der Waals surface area contributed by atoms with E-state index in [0.717, 1.165) is 11.3 Å². The van der Waals surface area contributed by atoms with Crippen molar-refractivity contribution in [3.05, 3.63) is 6.42 Å². The molecule has 0 heteroatoms. The van der Waals surface area contributed by atoms with E-state index in [1.165, 1.54) is 38.5 Å². The molecule has 2 saturated carbocycles.